The quantitative estimate of drug-likeness (QED) is 0.827. The van der Waals surface area contributed by atoms with Gasteiger partial charge in [0.1, 0.15) is 0 Å². The fourth-order valence-electron chi connectivity index (χ4n) is 2.39. The Labute approximate surface area is 135 Å². The second kappa shape index (κ2) is 7.10. The number of alkyl halides is 1. The molecule has 1 unspecified atom stereocenters. The van der Waals surface area contributed by atoms with Gasteiger partial charge in [-0.15, -0.1) is 0 Å². The van der Waals surface area contributed by atoms with Crippen LogP contribution in [0.25, 0.3) is 0 Å². The number of amides is 2. The molecule has 2 heterocycles. The van der Waals surface area contributed by atoms with Crippen LogP contribution in [0.4, 0.5) is 4.39 Å². The SMILES string of the molecule is Cc1cc(C(C)C)n[nH]1.O=CN1CCC(NC(=O)C2(F)CC2)C1. The van der Waals surface area contributed by atoms with Crippen molar-refractivity contribution in [2.24, 2.45) is 0 Å². The van der Waals surface area contributed by atoms with Gasteiger partial charge in [-0.2, -0.15) is 5.10 Å². The van der Waals surface area contributed by atoms with Crippen LogP contribution in [0.2, 0.25) is 0 Å². The van der Waals surface area contributed by atoms with Gasteiger partial charge in [0.15, 0.2) is 5.67 Å². The van der Waals surface area contributed by atoms with E-state index in [0.29, 0.717) is 31.8 Å². The molecule has 6 nitrogen and oxygen atoms in total. The Morgan fingerprint density at radius 1 is 1.57 bits per heavy atom. The van der Waals surface area contributed by atoms with E-state index < -0.39 is 11.6 Å². The van der Waals surface area contributed by atoms with Gasteiger partial charge in [0.2, 0.25) is 6.41 Å². The van der Waals surface area contributed by atoms with E-state index in [2.05, 4.69) is 35.4 Å². The third kappa shape index (κ3) is 4.77. The molecule has 2 fully saturated rings. The first-order chi connectivity index (χ1) is 10.8. The maximum Gasteiger partial charge on any atom is 0.257 e. The lowest BCUT2D eigenvalue weighted by Gasteiger charge is -2.14. The minimum absolute atomic E-state index is 0.0686. The van der Waals surface area contributed by atoms with Gasteiger partial charge < -0.3 is 10.2 Å². The number of likely N-dealkylation sites (tertiary alicyclic amines) is 1. The molecule has 2 aliphatic rings. The standard InChI is InChI=1S/C9H13FN2O2.C7H12N2/c10-9(2-3-9)8(14)11-7-1-4-12(5-7)6-13;1-5(2)7-4-6(3)8-9-7/h6-7H,1-5H2,(H,11,14);4-5H,1-3H3,(H,8,9). The van der Waals surface area contributed by atoms with Gasteiger partial charge in [-0.3, -0.25) is 14.7 Å². The number of nitrogens with one attached hydrogen (secondary N) is 2. The molecule has 23 heavy (non-hydrogen) atoms. The van der Waals surface area contributed by atoms with E-state index >= 15 is 0 Å². The second-order valence-corrected chi connectivity index (χ2v) is 6.66. The number of aromatic nitrogens is 2. The number of H-pyrrole nitrogens is 1. The highest BCUT2D eigenvalue weighted by atomic mass is 19.1. The lowest BCUT2D eigenvalue weighted by atomic mass is 10.1. The number of hydrogen-bond acceptors (Lipinski definition) is 3. The number of carbonyl (C=O) groups excluding carboxylic acids is 2. The van der Waals surface area contributed by atoms with Crippen LogP contribution in [0.15, 0.2) is 6.07 Å². The van der Waals surface area contributed by atoms with Gasteiger partial charge >= 0.3 is 0 Å². The summed E-state index contributed by atoms with van der Waals surface area (Å²) in [6.07, 6.45) is 2.15. The van der Waals surface area contributed by atoms with Gasteiger partial charge in [-0.1, -0.05) is 13.8 Å². The first kappa shape index (κ1) is 17.4. The van der Waals surface area contributed by atoms with E-state index in [1.54, 1.807) is 4.90 Å². The molecule has 1 atom stereocenters. The molecular weight excluding hydrogens is 299 g/mol. The average molecular weight is 324 g/mol. The lowest BCUT2D eigenvalue weighted by Crippen LogP contribution is -2.42. The Bertz CT molecular complexity index is 554. The second-order valence-electron chi connectivity index (χ2n) is 6.66. The molecule has 2 amide bonds. The lowest BCUT2D eigenvalue weighted by molar-refractivity contribution is -0.128. The van der Waals surface area contributed by atoms with Crippen molar-refractivity contribution >= 4 is 12.3 Å². The number of aryl methyl sites for hydroxylation is 1. The molecule has 1 aliphatic carbocycles. The number of rotatable bonds is 4. The molecule has 1 saturated carbocycles. The predicted molar refractivity (Wildman–Crippen MR) is 84.7 cm³/mol. The molecule has 1 saturated heterocycles. The zero-order valence-electron chi connectivity index (χ0n) is 13.9. The van der Waals surface area contributed by atoms with Crippen LogP contribution in [0, 0.1) is 6.92 Å². The van der Waals surface area contributed by atoms with Gasteiger partial charge in [0.25, 0.3) is 5.91 Å². The summed E-state index contributed by atoms with van der Waals surface area (Å²) in [5.41, 5.74) is 0.681. The molecule has 3 rings (SSSR count). The van der Waals surface area contributed by atoms with Crippen LogP contribution in [-0.4, -0.2) is 52.2 Å². The molecule has 7 heteroatoms. The first-order valence-corrected chi connectivity index (χ1v) is 8.05. The smallest absolute Gasteiger partial charge is 0.257 e. The Kier molecular flexibility index (Phi) is 5.38. The van der Waals surface area contributed by atoms with E-state index in [4.69, 9.17) is 0 Å². The van der Waals surface area contributed by atoms with Gasteiger partial charge in [0.05, 0.1) is 5.69 Å². The number of halogens is 1. The van der Waals surface area contributed by atoms with Crippen molar-refractivity contribution in [2.45, 2.75) is 57.7 Å². The molecule has 0 aromatic carbocycles. The summed E-state index contributed by atoms with van der Waals surface area (Å²) in [4.78, 5) is 23.3. The van der Waals surface area contributed by atoms with Crippen molar-refractivity contribution in [3.05, 3.63) is 17.5 Å². The van der Waals surface area contributed by atoms with Crippen molar-refractivity contribution in [1.29, 1.82) is 0 Å². The summed E-state index contributed by atoms with van der Waals surface area (Å²) < 4.78 is 13.2. The van der Waals surface area contributed by atoms with Crippen molar-refractivity contribution < 1.29 is 14.0 Å². The Morgan fingerprint density at radius 2 is 2.26 bits per heavy atom. The van der Waals surface area contributed by atoms with Crippen LogP contribution in [-0.2, 0) is 9.59 Å². The summed E-state index contributed by atoms with van der Waals surface area (Å²) in [5, 5.41) is 9.62. The van der Waals surface area contributed by atoms with Crippen LogP contribution < -0.4 is 5.32 Å². The van der Waals surface area contributed by atoms with Crippen molar-refractivity contribution in [1.82, 2.24) is 20.4 Å². The molecule has 0 spiro atoms. The molecule has 0 radical (unpaired) electrons. The van der Waals surface area contributed by atoms with Crippen LogP contribution >= 0.6 is 0 Å². The number of carbonyl (C=O) groups is 2. The fraction of sp³-hybridized carbons (Fsp3) is 0.688. The monoisotopic (exact) mass is 324 g/mol. The fourth-order valence-corrected chi connectivity index (χ4v) is 2.39. The van der Waals surface area contributed by atoms with Crippen molar-refractivity contribution in [3.8, 4) is 0 Å². The largest absolute Gasteiger partial charge is 0.349 e. The number of nitrogens with zero attached hydrogens (tertiary/aromatic N) is 2. The maximum atomic E-state index is 13.2. The van der Waals surface area contributed by atoms with Crippen LogP contribution in [0.5, 0.6) is 0 Å². The summed E-state index contributed by atoms with van der Waals surface area (Å²) >= 11 is 0. The van der Waals surface area contributed by atoms with E-state index in [0.717, 1.165) is 24.2 Å². The predicted octanol–water partition coefficient (Wildman–Crippen LogP) is 1.68. The molecule has 2 N–H and O–H groups in total. The summed E-state index contributed by atoms with van der Waals surface area (Å²) in [6.45, 7) is 7.43. The number of hydrogen-bond donors (Lipinski definition) is 2. The highest BCUT2D eigenvalue weighted by Gasteiger charge is 2.51. The van der Waals surface area contributed by atoms with Gasteiger partial charge in [0, 0.05) is 24.8 Å². The van der Waals surface area contributed by atoms with E-state index in [1.807, 2.05) is 6.92 Å². The van der Waals surface area contributed by atoms with Crippen molar-refractivity contribution in [2.75, 3.05) is 13.1 Å². The number of aromatic amines is 1. The molecule has 1 aliphatic heterocycles. The van der Waals surface area contributed by atoms with Gasteiger partial charge in [-0.05, 0) is 38.2 Å². The summed E-state index contributed by atoms with van der Waals surface area (Å²) in [6, 6.07) is 2.01. The normalized spacial score (nSPS) is 21.6. The molecule has 0 bridgehead atoms. The van der Waals surface area contributed by atoms with E-state index in [-0.39, 0.29) is 6.04 Å². The zero-order chi connectivity index (χ0) is 17.0. The van der Waals surface area contributed by atoms with E-state index in [9.17, 15) is 14.0 Å². The third-order valence-electron chi connectivity index (χ3n) is 4.12. The molecule has 1 aromatic heterocycles. The molecule has 1 aromatic rings. The third-order valence-corrected chi connectivity index (χ3v) is 4.12. The van der Waals surface area contributed by atoms with Crippen LogP contribution in [0.3, 0.4) is 0 Å². The molecule has 128 valence electrons. The molecular formula is C16H25FN4O2. The van der Waals surface area contributed by atoms with Crippen molar-refractivity contribution in [3.63, 3.8) is 0 Å². The van der Waals surface area contributed by atoms with Gasteiger partial charge in [-0.25, -0.2) is 4.39 Å². The first-order valence-electron chi connectivity index (χ1n) is 8.05. The average Bonchev–Trinajstić information content (AvgIpc) is 2.91. The highest BCUT2D eigenvalue weighted by Crippen LogP contribution is 2.40. The minimum atomic E-state index is -1.60. The summed E-state index contributed by atoms with van der Waals surface area (Å²) in [7, 11) is 0. The van der Waals surface area contributed by atoms with E-state index in [1.165, 1.54) is 0 Å². The highest BCUT2D eigenvalue weighted by molar-refractivity contribution is 5.88. The Balaban J connectivity index is 0.000000185. The minimum Gasteiger partial charge on any atom is -0.349 e. The Morgan fingerprint density at radius 3 is 2.65 bits per heavy atom. The van der Waals surface area contributed by atoms with Crippen LogP contribution in [0.1, 0.15) is 50.4 Å². The Hall–Kier alpha value is -1.92. The summed E-state index contributed by atoms with van der Waals surface area (Å²) in [5.74, 6) is 0.0326. The maximum absolute atomic E-state index is 13.2. The zero-order valence-corrected chi connectivity index (χ0v) is 13.9. The topological polar surface area (TPSA) is 78.1 Å².